The largest absolute Gasteiger partial charge is 0.302 e. The van der Waals surface area contributed by atoms with E-state index in [4.69, 9.17) is 4.98 Å². The molecule has 1 heterocycles. The fourth-order valence-electron chi connectivity index (χ4n) is 3.68. The molecule has 0 saturated heterocycles. The lowest BCUT2D eigenvalue weighted by Crippen LogP contribution is -2.38. The molecule has 2 aromatic carbocycles. The zero-order valence-electron chi connectivity index (χ0n) is 20.1. The summed E-state index contributed by atoms with van der Waals surface area (Å²) in [4.78, 5) is 22.5. The van der Waals surface area contributed by atoms with Gasteiger partial charge in [0.1, 0.15) is 0 Å². The molecule has 0 atom stereocenters. The summed E-state index contributed by atoms with van der Waals surface area (Å²) in [5.74, 6) is -0.190. The van der Waals surface area contributed by atoms with Crippen molar-refractivity contribution in [3.63, 3.8) is 0 Å². The summed E-state index contributed by atoms with van der Waals surface area (Å²) in [5.41, 5.74) is 3.59. The summed E-state index contributed by atoms with van der Waals surface area (Å²) in [6.07, 6.45) is 0. The average molecular weight is 489 g/mol. The lowest BCUT2D eigenvalue weighted by atomic mass is 10.1. The Kier molecular flexibility index (Phi) is 7.89. The standard InChI is InChI=1S/C24H32N4O3S2/c1-7-27(8-2)13-14-28(24-25-22-18(4)15-17(3)16-21(22)32-24)23(29)19-9-11-20(12-10-19)33(30,31)26(5)6/h9-12,15-16H,7-8,13-14H2,1-6H3. The quantitative estimate of drug-likeness (QED) is 0.452. The van der Waals surface area contributed by atoms with Crippen LogP contribution in [0.4, 0.5) is 5.13 Å². The lowest BCUT2D eigenvalue weighted by molar-refractivity contribution is 0.0983. The number of anilines is 1. The third kappa shape index (κ3) is 5.43. The number of hydrogen-bond donors (Lipinski definition) is 0. The van der Waals surface area contributed by atoms with Crippen molar-refractivity contribution in [1.82, 2.24) is 14.2 Å². The van der Waals surface area contributed by atoms with Gasteiger partial charge in [-0.3, -0.25) is 9.69 Å². The minimum atomic E-state index is -3.55. The molecule has 33 heavy (non-hydrogen) atoms. The highest BCUT2D eigenvalue weighted by Crippen LogP contribution is 2.32. The zero-order chi connectivity index (χ0) is 24.3. The second-order valence-electron chi connectivity index (χ2n) is 8.22. The molecular weight excluding hydrogens is 456 g/mol. The van der Waals surface area contributed by atoms with E-state index in [1.807, 2.05) is 6.92 Å². The van der Waals surface area contributed by atoms with Crippen molar-refractivity contribution in [1.29, 1.82) is 0 Å². The van der Waals surface area contributed by atoms with Gasteiger partial charge in [-0.15, -0.1) is 0 Å². The highest BCUT2D eigenvalue weighted by atomic mass is 32.2. The molecule has 0 fully saturated rings. The van der Waals surface area contributed by atoms with E-state index >= 15 is 0 Å². The first-order valence-corrected chi connectivity index (χ1v) is 13.3. The Morgan fingerprint density at radius 2 is 1.64 bits per heavy atom. The van der Waals surface area contributed by atoms with Crippen LogP contribution in [0.2, 0.25) is 0 Å². The second kappa shape index (κ2) is 10.3. The van der Waals surface area contributed by atoms with Gasteiger partial charge in [-0.1, -0.05) is 31.3 Å². The Hall–Kier alpha value is -2.33. The maximum atomic E-state index is 13.6. The lowest BCUT2D eigenvalue weighted by Gasteiger charge is -2.25. The van der Waals surface area contributed by atoms with Gasteiger partial charge in [0.25, 0.3) is 5.91 Å². The van der Waals surface area contributed by atoms with Gasteiger partial charge in [-0.2, -0.15) is 0 Å². The topological polar surface area (TPSA) is 73.8 Å². The summed E-state index contributed by atoms with van der Waals surface area (Å²) >= 11 is 1.51. The number of carbonyl (C=O) groups is 1. The number of likely N-dealkylation sites (N-methyl/N-ethyl adjacent to an activating group) is 1. The number of benzene rings is 2. The molecule has 0 unspecified atom stereocenters. The molecular formula is C24H32N4O3S2. The van der Waals surface area contributed by atoms with Crippen molar-refractivity contribution >= 4 is 42.6 Å². The third-order valence-electron chi connectivity index (χ3n) is 5.71. The number of aromatic nitrogens is 1. The minimum Gasteiger partial charge on any atom is -0.302 e. The van der Waals surface area contributed by atoms with Crippen molar-refractivity contribution in [3.8, 4) is 0 Å². The molecule has 0 aliphatic rings. The predicted molar refractivity (Wildman–Crippen MR) is 136 cm³/mol. The van der Waals surface area contributed by atoms with Crippen molar-refractivity contribution in [2.45, 2.75) is 32.6 Å². The van der Waals surface area contributed by atoms with Crippen molar-refractivity contribution in [2.75, 3.05) is 45.2 Å². The molecule has 0 aliphatic heterocycles. The fraction of sp³-hybridized carbons (Fsp3) is 0.417. The van der Waals surface area contributed by atoms with Gasteiger partial charge in [0.15, 0.2) is 5.13 Å². The first-order chi connectivity index (χ1) is 15.6. The van der Waals surface area contributed by atoms with Crippen molar-refractivity contribution in [3.05, 3.63) is 53.1 Å². The molecule has 1 aromatic heterocycles. The molecule has 0 radical (unpaired) electrons. The number of thiazole rings is 1. The van der Waals surface area contributed by atoms with Gasteiger partial charge in [0.05, 0.1) is 15.1 Å². The van der Waals surface area contributed by atoms with Gasteiger partial charge in [0.2, 0.25) is 10.0 Å². The zero-order valence-corrected chi connectivity index (χ0v) is 21.8. The molecule has 0 saturated carbocycles. The first-order valence-electron chi connectivity index (χ1n) is 11.0. The Morgan fingerprint density at radius 3 is 2.21 bits per heavy atom. The van der Waals surface area contributed by atoms with Crippen molar-refractivity contribution in [2.24, 2.45) is 0 Å². The summed E-state index contributed by atoms with van der Waals surface area (Å²) in [7, 11) is -0.582. The van der Waals surface area contributed by atoms with Crippen LogP contribution in [0, 0.1) is 13.8 Å². The molecule has 178 valence electrons. The molecule has 7 nitrogen and oxygen atoms in total. The number of carbonyl (C=O) groups excluding carboxylic acids is 1. The van der Waals surface area contributed by atoms with Gasteiger partial charge in [-0.25, -0.2) is 17.7 Å². The minimum absolute atomic E-state index is 0.157. The molecule has 0 aliphatic carbocycles. The predicted octanol–water partition coefficient (Wildman–Crippen LogP) is 4.15. The molecule has 0 spiro atoms. The van der Waals surface area contributed by atoms with Crippen LogP contribution >= 0.6 is 11.3 Å². The summed E-state index contributed by atoms with van der Waals surface area (Å²) < 4.78 is 27.0. The van der Waals surface area contributed by atoms with Gasteiger partial charge >= 0.3 is 0 Å². The van der Waals surface area contributed by atoms with Crippen LogP contribution < -0.4 is 4.90 Å². The average Bonchev–Trinajstić information content (AvgIpc) is 3.20. The maximum absolute atomic E-state index is 13.6. The van der Waals surface area contributed by atoms with E-state index in [-0.39, 0.29) is 10.8 Å². The summed E-state index contributed by atoms with van der Waals surface area (Å²) in [6.45, 7) is 11.3. The molecule has 9 heteroatoms. The van der Waals surface area contributed by atoms with E-state index in [2.05, 4.69) is 37.8 Å². The molecule has 0 N–H and O–H groups in total. The number of fused-ring (bicyclic) bond motifs is 1. The van der Waals surface area contributed by atoms with Crippen LogP contribution in [0.1, 0.15) is 35.3 Å². The summed E-state index contributed by atoms with van der Waals surface area (Å²) in [6, 6.07) is 10.3. The smallest absolute Gasteiger partial charge is 0.260 e. The Balaban J connectivity index is 1.99. The third-order valence-corrected chi connectivity index (χ3v) is 8.56. The molecule has 1 amide bonds. The van der Waals surface area contributed by atoms with E-state index in [0.29, 0.717) is 17.2 Å². The van der Waals surface area contributed by atoms with E-state index < -0.39 is 10.0 Å². The molecule has 3 aromatic rings. The number of hydrogen-bond acceptors (Lipinski definition) is 6. The van der Waals surface area contributed by atoms with Crippen LogP contribution in [-0.4, -0.2) is 68.8 Å². The number of nitrogens with zero attached hydrogens (tertiary/aromatic N) is 4. The highest BCUT2D eigenvalue weighted by Gasteiger charge is 2.24. The monoisotopic (exact) mass is 488 g/mol. The number of amides is 1. The maximum Gasteiger partial charge on any atom is 0.260 e. The van der Waals surface area contributed by atoms with Crippen molar-refractivity contribution < 1.29 is 13.2 Å². The first kappa shape index (κ1) is 25.3. The van der Waals surface area contributed by atoms with Gasteiger partial charge in [0, 0.05) is 32.7 Å². The van der Waals surface area contributed by atoms with Gasteiger partial charge < -0.3 is 4.90 Å². The SMILES string of the molecule is CCN(CC)CCN(C(=O)c1ccc(S(=O)(=O)N(C)C)cc1)c1nc2c(C)cc(C)cc2s1. The number of aryl methyl sites for hydroxylation is 2. The summed E-state index contributed by atoms with van der Waals surface area (Å²) in [5, 5.41) is 0.654. The number of rotatable bonds is 9. The van der Waals surface area contributed by atoms with Crippen LogP contribution in [-0.2, 0) is 10.0 Å². The van der Waals surface area contributed by atoms with Crippen LogP contribution in [0.3, 0.4) is 0 Å². The van der Waals surface area contributed by atoms with Gasteiger partial charge in [-0.05, 0) is 68.4 Å². The highest BCUT2D eigenvalue weighted by molar-refractivity contribution is 7.89. The normalized spacial score (nSPS) is 12.1. The van der Waals surface area contributed by atoms with E-state index in [0.717, 1.165) is 45.3 Å². The van der Waals surface area contributed by atoms with E-state index in [1.54, 1.807) is 17.0 Å². The van der Waals surface area contributed by atoms with Crippen LogP contribution in [0.15, 0.2) is 41.3 Å². The van der Waals surface area contributed by atoms with Crippen LogP contribution in [0.25, 0.3) is 10.2 Å². The Bertz CT molecular complexity index is 1230. The Morgan fingerprint density at radius 1 is 1.00 bits per heavy atom. The van der Waals surface area contributed by atoms with Crippen LogP contribution in [0.5, 0.6) is 0 Å². The molecule has 3 rings (SSSR count). The second-order valence-corrected chi connectivity index (χ2v) is 11.4. The number of sulfonamides is 1. The Labute approximate surface area is 200 Å². The van der Waals surface area contributed by atoms with E-state index in [9.17, 15) is 13.2 Å². The molecule has 0 bridgehead atoms. The van der Waals surface area contributed by atoms with E-state index in [1.165, 1.54) is 37.6 Å². The fourth-order valence-corrected chi connectivity index (χ4v) is 5.74.